The molecule has 1 heterocycles. The van der Waals surface area contributed by atoms with Gasteiger partial charge in [0.05, 0.1) is 12.0 Å². The van der Waals surface area contributed by atoms with E-state index < -0.39 is 24.3 Å². The molecule has 0 aliphatic carbocycles. The van der Waals surface area contributed by atoms with Gasteiger partial charge in [0, 0.05) is 12.5 Å². The van der Waals surface area contributed by atoms with E-state index in [0.717, 1.165) is 12.8 Å². The molecule has 0 aromatic heterocycles. The molecule has 0 spiro atoms. The maximum Gasteiger partial charge on any atom is 0.327 e. The number of unbranched alkanes of at least 4 members (excludes halogenated alkanes) is 1. The van der Waals surface area contributed by atoms with Crippen molar-refractivity contribution in [1.29, 1.82) is 5.26 Å². The van der Waals surface area contributed by atoms with E-state index in [1.54, 1.807) is 0 Å². The fraction of sp³-hybridized carbons (Fsp3) is 0.882. The topological polar surface area (TPSA) is 77.8 Å². The molecule has 1 rings (SSSR count). The van der Waals surface area contributed by atoms with Gasteiger partial charge in [-0.2, -0.15) is 0 Å². The standard InChI is InChI=1S/C17H29NO5/c1-6-8-9-12(15(19)21-10-18)14-13(17(3,4)5)16(20-7-2)23-11-22-14/h12-14,16H,6-9,11H2,1-5H3. The molecule has 1 aliphatic heterocycles. The predicted octanol–water partition coefficient (Wildman–Crippen LogP) is 3.21. The van der Waals surface area contributed by atoms with Gasteiger partial charge in [0.15, 0.2) is 6.29 Å². The minimum absolute atomic E-state index is 0.0738. The van der Waals surface area contributed by atoms with Crippen molar-refractivity contribution in [2.75, 3.05) is 13.4 Å². The van der Waals surface area contributed by atoms with Gasteiger partial charge in [-0.25, -0.2) is 0 Å². The monoisotopic (exact) mass is 327 g/mol. The van der Waals surface area contributed by atoms with Crippen LogP contribution in [0.1, 0.15) is 53.9 Å². The van der Waals surface area contributed by atoms with Crippen LogP contribution in [-0.4, -0.2) is 31.8 Å². The molecule has 23 heavy (non-hydrogen) atoms. The third-order valence-corrected chi connectivity index (χ3v) is 4.19. The molecule has 1 fully saturated rings. The van der Waals surface area contributed by atoms with Gasteiger partial charge in [0.2, 0.25) is 0 Å². The Balaban J connectivity index is 3.08. The summed E-state index contributed by atoms with van der Waals surface area (Å²) in [6.07, 6.45) is 3.09. The van der Waals surface area contributed by atoms with Gasteiger partial charge in [-0.15, -0.1) is 5.26 Å². The van der Waals surface area contributed by atoms with Crippen molar-refractivity contribution in [1.82, 2.24) is 0 Å². The SMILES string of the molecule is CCCCC(C(=O)OC#N)C1OCOC(OCC)C1C(C)(C)C. The van der Waals surface area contributed by atoms with Crippen molar-refractivity contribution < 1.29 is 23.7 Å². The Hall–Kier alpha value is -1.16. The highest BCUT2D eigenvalue weighted by Gasteiger charge is 2.48. The first-order valence-corrected chi connectivity index (χ1v) is 8.31. The second-order valence-corrected chi connectivity index (χ2v) is 6.89. The molecule has 0 aromatic carbocycles. The first-order chi connectivity index (χ1) is 10.9. The zero-order chi connectivity index (χ0) is 17.5. The molecule has 4 atom stereocenters. The molecular weight excluding hydrogens is 298 g/mol. The zero-order valence-electron chi connectivity index (χ0n) is 14.8. The van der Waals surface area contributed by atoms with Crippen molar-refractivity contribution in [2.24, 2.45) is 17.3 Å². The van der Waals surface area contributed by atoms with Gasteiger partial charge in [0.25, 0.3) is 6.26 Å². The summed E-state index contributed by atoms with van der Waals surface area (Å²) in [6, 6.07) is 0. The summed E-state index contributed by atoms with van der Waals surface area (Å²) in [6.45, 7) is 10.8. The second-order valence-electron chi connectivity index (χ2n) is 6.89. The highest BCUT2D eigenvalue weighted by Crippen LogP contribution is 2.41. The van der Waals surface area contributed by atoms with Crippen LogP contribution in [0.2, 0.25) is 0 Å². The van der Waals surface area contributed by atoms with E-state index in [1.807, 2.05) is 6.92 Å². The normalized spacial score (nSPS) is 26.3. The maximum absolute atomic E-state index is 12.3. The lowest BCUT2D eigenvalue weighted by Gasteiger charge is -2.46. The lowest BCUT2D eigenvalue weighted by Crippen LogP contribution is -2.53. The van der Waals surface area contributed by atoms with Crippen LogP contribution in [-0.2, 0) is 23.7 Å². The molecule has 132 valence electrons. The number of ether oxygens (including phenoxy) is 4. The van der Waals surface area contributed by atoms with Crippen LogP contribution in [0, 0.1) is 28.8 Å². The molecule has 4 unspecified atom stereocenters. The van der Waals surface area contributed by atoms with Crippen LogP contribution in [0.4, 0.5) is 0 Å². The van der Waals surface area contributed by atoms with E-state index in [0.29, 0.717) is 13.0 Å². The number of carbonyl (C=O) groups excluding carboxylic acids is 1. The Morgan fingerprint density at radius 3 is 2.57 bits per heavy atom. The van der Waals surface area contributed by atoms with Crippen LogP contribution in [0.15, 0.2) is 0 Å². The first-order valence-electron chi connectivity index (χ1n) is 8.31. The van der Waals surface area contributed by atoms with E-state index in [4.69, 9.17) is 19.5 Å². The van der Waals surface area contributed by atoms with E-state index in [1.165, 1.54) is 6.26 Å². The molecule has 6 nitrogen and oxygen atoms in total. The summed E-state index contributed by atoms with van der Waals surface area (Å²) >= 11 is 0. The number of esters is 1. The summed E-state index contributed by atoms with van der Waals surface area (Å²) in [4.78, 5) is 12.3. The van der Waals surface area contributed by atoms with Crippen molar-refractivity contribution in [3.63, 3.8) is 0 Å². The fourth-order valence-electron chi connectivity index (χ4n) is 3.09. The largest absolute Gasteiger partial charge is 0.352 e. The van der Waals surface area contributed by atoms with Gasteiger partial charge < -0.3 is 18.9 Å². The van der Waals surface area contributed by atoms with Crippen molar-refractivity contribution in [2.45, 2.75) is 66.3 Å². The van der Waals surface area contributed by atoms with Gasteiger partial charge in [0.1, 0.15) is 6.79 Å². The Kier molecular flexibility index (Phi) is 7.97. The van der Waals surface area contributed by atoms with Gasteiger partial charge in [-0.05, 0) is 18.8 Å². The zero-order valence-corrected chi connectivity index (χ0v) is 14.8. The molecular formula is C17H29NO5. The summed E-state index contributed by atoms with van der Waals surface area (Å²) in [5, 5.41) is 8.69. The molecule has 0 amide bonds. The minimum atomic E-state index is -0.530. The van der Waals surface area contributed by atoms with Crippen molar-refractivity contribution >= 4 is 5.97 Å². The number of rotatable bonds is 7. The molecule has 0 radical (unpaired) electrons. The highest BCUT2D eigenvalue weighted by atomic mass is 16.8. The quantitative estimate of drug-likeness (QED) is 0.528. The Bertz CT molecular complexity index is 410. The van der Waals surface area contributed by atoms with Crippen LogP contribution < -0.4 is 0 Å². The Morgan fingerprint density at radius 2 is 2.04 bits per heavy atom. The van der Waals surface area contributed by atoms with Crippen LogP contribution in [0.25, 0.3) is 0 Å². The smallest absolute Gasteiger partial charge is 0.327 e. The number of hydrogen-bond donors (Lipinski definition) is 0. The lowest BCUT2D eigenvalue weighted by molar-refractivity contribution is -0.311. The number of hydrogen-bond acceptors (Lipinski definition) is 6. The molecule has 0 bridgehead atoms. The van der Waals surface area contributed by atoms with Crippen molar-refractivity contribution in [3.05, 3.63) is 0 Å². The third-order valence-electron chi connectivity index (χ3n) is 4.19. The first kappa shape index (κ1) is 19.9. The summed E-state index contributed by atoms with van der Waals surface area (Å²) in [5.74, 6) is -1.16. The molecule has 6 heteroatoms. The lowest BCUT2D eigenvalue weighted by atomic mass is 9.72. The van der Waals surface area contributed by atoms with Crippen LogP contribution in [0.3, 0.4) is 0 Å². The highest BCUT2D eigenvalue weighted by molar-refractivity contribution is 5.74. The second kappa shape index (κ2) is 9.21. The number of carbonyl (C=O) groups is 1. The third kappa shape index (κ3) is 5.45. The number of nitriles is 1. The van der Waals surface area contributed by atoms with Gasteiger partial charge in [-0.1, -0.05) is 40.5 Å². The van der Waals surface area contributed by atoms with Crippen molar-refractivity contribution in [3.8, 4) is 6.26 Å². The molecule has 1 aliphatic rings. The Labute approximate surface area is 139 Å². The van der Waals surface area contributed by atoms with E-state index in [2.05, 4.69) is 32.4 Å². The summed E-state index contributed by atoms with van der Waals surface area (Å²) < 4.78 is 21.8. The van der Waals surface area contributed by atoms with Gasteiger partial charge in [-0.3, -0.25) is 4.79 Å². The minimum Gasteiger partial charge on any atom is -0.352 e. The molecule has 1 saturated heterocycles. The molecule has 0 aromatic rings. The Morgan fingerprint density at radius 1 is 1.35 bits per heavy atom. The fourth-order valence-corrected chi connectivity index (χ4v) is 3.09. The summed E-state index contributed by atoms with van der Waals surface area (Å²) in [7, 11) is 0. The summed E-state index contributed by atoms with van der Waals surface area (Å²) in [5.41, 5.74) is -0.192. The van der Waals surface area contributed by atoms with E-state index in [9.17, 15) is 4.79 Å². The van der Waals surface area contributed by atoms with Crippen LogP contribution >= 0.6 is 0 Å². The van der Waals surface area contributed by atoms with Crippen LogP contribution in [0.5, 0.6) is 0 Å². The maximum atomic E-state index is 12.3. The predicted molar refractivity (Wildman–Crippen MR) is 83.9 cm³/mol. The van der Waals surface area contributed by atoms with Gasteiger partial charge >= 0.3 is 5.97 Å². The van der Waals surface area contributed by atoms with E-state index >= 15 is 0 Å². The van der Waals surface area contributed by atoms with E-state index in [-0.39, 0.29) is 18.1 Å². The average molecular weight is 327 g/mol. The average Bonchev–Trinajstić information content (AvgIpc) is 2.47. The number of nitrogens with zero attached hydrogens (tertiary/aromatic N) is 1. The molecule has 0 saturated carbocycles. The molecule has 0 N–H and O–H groups in total.